The summed E-state index contributed by atoms with van der Waals surface area (Å²) in [4.78, 5) is 25.5. The lowest BCUT2D eigenvalue weighted by atomic mass is 9.96. The van der Waals surface area contributed by atoms with Crippen molar-refractivity contribution in [3.05, 3.63) is 84.6 Å². The number of nitrogens with zero attached hydrogens (tertiary/aromatic N) is 1. The number of rotatable bonds is 6. The Balaban J connectivity index is 1.78. The van der Waals surface area contributed by atoms with Gasteiger partial charge < -0.3 is 15.5 Å². The van der Waals surface area contributed by atoms with Crippen molar-refractivity contribution in [2.75, 3.05) is 18.5 Å². The lowest BCUT2D eigenvalue weighted by Crippen LogP contribution is -2.34. The van der Waals surface area contributed by atoms with E-state index < -0.39 is 11.8 Å². The summed E-state index contributed by atoms with van der Waals surface area (Å²) in [6, 6.07) is 22.3. The van der Waals surface area contributed by atoms with Crippen LogP contribution in [-0.4, -0.2) is 40.1 Å². The smallest absolute Gasteiger partial charge is 0.277 e. The fourth-order valence-electron chi connectivity index (χ4n) is 3.45. The number of nitrogens with one attached hydrogen (secondary N) is 1. The van der Waals surface area contributed by atoms with Crippen molar-refractivity contribution < 1.29 is 19.8 Å². The first-order chi connectivity index (χ1) is 14.6. The topological polar surface area (TPSA) is 89.9 Å². The lowest BCUT2D eigenvalue weighted by molar-refractivity contribution is -0.137. The molecule has 0 unspecified atom stereocenters. The van der Waals surface area contributed by atoms with E-state index in [0.717, 1.165) is 16.0 Å². The van der Waals surface area contributed by atoms with Crippen LogP contribution >= 0.6 is 0 Å². The highest BCUT2D eigenvalue weighted by Crippen LogP contribution is 2.41. The molecule has 0 saturated carbocycles. The average molecular weight is 400 g/mol. The zero-order valence-electron chi connectivity index (χ0n) is 16.1. The van der Waals surface area contributed by atoms with E-state index >= 15 is 0 Å². The number of anilines is 1. The van der Waals surface area contributed by atoms with Gasteiger partial charge in [0, 0.05) is 22.9 Å². The SMILES string of the molecule is O=C1C=C(Nc2cc(-c3ccccc3)c(O)c(-c3ccccc3)c2)C(=O)N1CCO. The number of hydrogen-bond acceptors (Lipinski definition) is 5. The monoisotopic (exact) mass is 400 g/mol. The molecule has 0 fully saturated rings. The van der Waals surface area contributed by atoms with Gasteiger partial charge in [-0.1, -0.05) is 60.7 Å². The molecule has 2 amide bonds. The largest absolute Gasteiger partial charge is 0.507 e. The Kier molecular flexibility index (Phi) is 5.32. The van der Waals surface area contributed by atoms with E-state index in [1.807, 2.05) is 60.7 Å². The second-order valence-corrected chi connectivity index (χ2v) is 6.85. The molecule has 0 atom stereocenters. The van der Waals surface area contributed by atoms with Gasteiger partial charge in [0.15, 0.2) is 0 Å². The molecule has 0 aromatic heterocycles. The molecule has 6 heteroatoms. The number of β-amino-alcohol motifs (C(OH)–C–C–N with tert-alkyl or cyclic N) is 1. The Morgan fingerprint density at radius 2 is 1.37 bits per heavy atom. The Morgan fingerprint density at radius 1 is 0.833 bits per heavy atom. The summed E-state index contributed by atoms with van der Waals surface area (Å²) in [5.74, 6) is -0.839. The first kappa shape index (κ1) is 19.4. The molecular formula is C24H20N2O4. The van der Waals surface area contributed by atoms with Crippen LogP contribution < -0.4 is 5.32 Å². The van der Waals surface area contributed by atoms with Gasteiger partial charge in [-0.25, -0.2) is 0 Å². The Bertz CT molecular complexity index is 1060. The zero-order chi connectivity index (χ0) is 21.1. The molecular weight excluding hydrogens is 380 g/mol. The van der Waals surface area contributed by atoms with Crippen LogP contribution in [0.25, 0.3) is 22.3 Å². The molecule has 30 heavy (non-hydrogen) atoms. The summed E-state index contributed by atoms with van der Waals surface area (Å²) in [5, 5.41) is 23.1. The van der Waals surface area contributed by atoms with Gasteiger partial charge in [-0.2, -0.15) is 0 Å². The van der Waals surface area contributed by atoms with Crippen LogP contribution in [-0.2, 0) is 9.59 Å². The Morgan fingerprint density at radius 3 is 1.87 bits per heavy atom. The summed E-state index contributed by atoms with van der Waals surface area (Å²) in [6.45, 7) is -0.354. The van der Waals surface area contributed by atoms with Crippen molar-refractivity contribution in [3.8, 4) is 28.0 Å². The van der Waals surface area contributed by atoms with E-state index in [0.29, 0.717) is 16.8 Å². The molecule has 3 aromatic carbocycles. The van der Waals surface area contributed by atoms with Crippen LogP contribution in [0.5, 0.6) is 5.75 Å². The number of phenolic OH excluding ortho intramolecular Hbond substituents is 1. The maximum absolute atomic E-state index is 12.5. The third-order valence-electron chi connectivity index (χ3n) is 4.89. The first-order valence-corrected chi connectivity index (χ1v) is 9.51. The zero-order valence-corrected chi connectivity index (χ0v) is 16.1. The number of carbonyl (C=O) groups is 2. The van der Waals surface area contributed by atoms with Gasteiger partial charge in [-0.3, -0.25) is 14.5 Å². The third-order valence-corrected chi connectivity index (χ3v) is 4.89. The average Bonchev–Trinajstić information content (AvgIpc) is 3.03. The van der Waals surface area contributed by atoms with E-state index in [-0.39, 0.29) is 24.6 Å². The first-order valence-electron chi connectivity index (χ1n) is 9.51. The molecule has 1 aliphatic heterocycles. The summed E-state index contributed by atoms with van der Waals surface area (Å²) >= 11 is 0. The van der Waals surface area contributed by atoms with Crippen molar-refractivity contribution >= 4 is 17.5 Å². The van der Waals surface area contributed by atoms with Crippen molar-refractivity contribution in [1.82, 2.24) is 4.90 Å². The number of aromatic hydroxyl groups is 1. The predicted octanol–water partition coefficient (Wildman–Crippen LogP) is 3.38. The van der Waals surface area contributed by atoms with E-state index in [4.69, 9.17) is 5.11 Å². The molecule has 1 heterocycles. The van der Waals surface area contributed by atoms with Gasteiger partial charge in [0.25, 0.3) is 11.8 Å². The maximum Gasteiger partial charge on any atom is 0.277 e. The third kappa shape index (κ3) is 3.68. The molecule has 3 aromatic rings. The molecule has 1 aliphatic rings. The van der Waals surface area contributed by atoms with Gasteiger partial charge in [0.2, 0.25) is 0 Å². The molecule has 0 saturated heterocycles. The van der Waals surface area contributed by atoms with Crippen LogP contribution in [0, 0.1) is 0 Å². The summed E-state index contributed by atoms with van der Waals surface area (Å²) < 4.78 is 0. The van der Waals surface area contributed by atoms with Gasteiger partial charge in [-0.15, -0.1) is 0 Å². The number of aliphatic hydroxyl groups excluding tert-OH is 1. The van der Waals surface area contributed by atoms with Crippen LogP contribution in [0.2, 0.25) is 0 Å². The fraction of sp³-hybridized carbons (Fsp3) is 0.0833. The predicted molar refractivity (Wildman–Crippen MR) is 114 cm³/mol. The van der Waals surface area contributed by atoms with Crippen LogP contribution in [0.4, 0.5) is 5.69 Å². The fourth-order valence-corrected chi connectivity index (χ4v) is 3.45. The van der Waals surface area contributed by atoms with Gasteiger partial charge >= 0.3 is 0 Å². The number of amides is 2. The van der Waals surface area contributed by atoms with E-state index in [1.54, 1.807) is 12.1 Å². The van der Waals surface area contributed by atoms with E-state index in [1.165, 1.54) is 6.08 Å². The van der Waals surface area contributed by atoms with Crippen molar-refractivity contribution in [1.29, 1.82) is 0 Å². The standard InChI is InChI=1S/C24H20N2O4/c27-12-11-26-22(28)15-21(24(26)30)25-18-13-19(16-7-3-1-4-8-16)23(29)20(14-18)17-9-5-2-6-10-17/h1-10,13-15,25,27,29H,11-12H2. The minimum atomic E-state index is -0.496. The van der Waals surface area contributed by atoms with Crippen molar-refractivity contribution in [3.63, 3.8) is 0 Å². The molecule has 4 rings (SSSR count). The molecule has 0 aliphatic carbocycles. The minimum Gasteiger partial charge on any atom is -0.507 e. The summed E-state index contributed by atoms with van der Waals surface area (Å²) in [6.07, 6.45) is 1.22. The molecule has 6 nitrogen and oxygen atoms in total. The number of hydrogen-bond donors (Lipinski definition) is 3. The van der Waals surface area contributed by atoms with Gasteiger partial charge in [0.05, 0.1) is 13.2 Å². The quantitative estimate of drug-likeness (QED) is 0.436. The summed E-state index contributed by atoms with van der Waals surface area (Å²) in [7, 11) is 0. The molecule has 3 N–H and O–H groups in total. The molecule has 0 bridgehead atoms. The summed E-state index contributed by atoms with van der Waals surface area (Å²) in [5.41, 5.74) is 3.52. The van der Waals surface area contributed by atoms with Crippen LogP contribution in [0.3, 0.4) is 0 Å². The van der Waals surface area contributed by atoms with Gasteiger partial charge in [0.1, 0.15) is 11.4 Å². The van der Waals surface area contributed by atoms with E-state index in [2.05, 4.69) is 5.32 Å². The van der Waals surface area contributed by atoms with Gasteiger partial charge in [-0.05, 0) is 23.3 Å². The normalized spacial score (nSPS) is 13.5. The molecule has 0 spiro atoms. The molecule has 0 radical (unpaired) electrons. The minimum absolute atomic E-state index is 0.0561. The van der Waals surface area contributed by atoms with Crippen LogP contribution in [0.1, 0.15) is 0 Å². The van der Waals surface area contributed by atoms with Crippen molar-refractivity contribution in [2.24, 2.45) is 0 Å². The number of imide groups is 1. The maximum atomic E-state index is 12.5. The van der Waals surface area contributed by atoms with Crippen LogP contribution in [0.15, 0.2) is 84.6 Å². The number of aliphatic hydroxyl groups is 1. The number of carbonyl (C=O) groups excluding carboxylic acids is 2. The second-order valence-electron chi connectivity index (χ2n) is 6.85. The van der Waals surface area contributed by atoms with Crippen molar-refractivity contribution in [2.45, 2.75) is 0 Å². The Labute approximate surface area is 173 Å². The highest BCUT2D eigenvalue weighted by atomic mass is 16.3. The lowest BCUT2D eigenvalue weighted by Gasteiger charge is -2.16. The Hall–Kier alpha value is -3.90. The molecule has 150 valence electrons. The number of benzene rings is 3. The highest BCUT2D eigenvalue weighted by Gasteiger charge is 2.30. The second kappa shape index (κ2) is 8.23. The van der Waals surface area contributed by atoms with E-state index in [9.17, 15) is 14.7 Å². The number of phenols is 1. The highest BCUT2D eigenvalue weighted by molar-refractivity contribution is 6.17.